The summed E-state index contributed by atoms with van der Waals surface area (Å²) in [5.74, 6) is 1.56. The molecule has 2 unspecified atom stereocenters. The van der Waals surface area contributed by atoms with Gasteiger partial charge in [0.1, 0.15) is 0 Å². The Morgan fingerprint density at radius 3 is 2.78 bits per heavy atom. The number of likely N-dealkylation sites (N-methyl/N-ethyl adjacent to an activating group) is 1. The maximum absolute atomic E-state index is 12.2. The zero-order valence-electron chi connectivity index (χ0n) is 11.4. The zero-order valence-corrected chi connectivity index (χ0v) is 11.4. The molecule has 4 heteroatoms. The SMILES string of the molecule is CN1C(=O)N(CCC2CCNC2)CC1C1CCC1. The fraction of sp³-hybridized carbons (Fsp3) is 0.929. The minimum atomic E-state index is 0.262. The van der Waals surface area contributed by atoms with Crippen LogP contribution in [0.15, 0.2) is 0 Å². The van der Waals surface area contributed by atoms with Crippen molar-refractivity contribution < 1.29 is 4.79 Å². The number of rotatable bonds is 4. The summed E-state index contributed by atoms with van der Waals surface area (Å²) in [6, 6.07) is 0.755. The Morgan fingerprint density at radius 2 is 2.17 bits per heavy atom. The first-order chi connectivity index (χ1) is 8.75. The average molecular weight is 251 g/mol. The Labute approximate surface area is 110 Å². The molecule has 3 rings (SSSR count). The third kappa shape index (κ3) is 2.22. The summed E-state index contributed by atoms with van der Waals surface area (Å²) in [6.45, 7) is 4.23. The number of amides is 2. The molecule has 1 aliphatic carbocycles. The van der Waals surface area contributed by atoms with Gasteiger partial charge in [0.25, 0.3) is 0 Å². The van der Waals surface area contributed by atoms with Crippen molar-refractivity contribution in [2.45, 2.75) is 38.1 Å². The van der Waals surface area contributed by atoms with E-state index in [2.05, 4.69) is 10.2 Å². The monoisotopic (exact) mass is 251 g/mol. The van der Waals surface area contributed by atoms with Gasteiger partial charge in [-0.05, 0) is 50.6 Å². The highest BCUT2D eigenvalue weighted by molar-refractivity contribution is 5.77. The molecule has 0 aromatic heterocycles. The van der Waals surface area contributed by atoms with Gasteiger partial charge in [-0.25, -0.2) is 4.79 Å². The van der Waals surface area contributed by atoms with Crippen molar-refractivity contribution in [3.63, 3.8) is 0 Å². The maximum atomic E-state index is 12.2. The molecule has 2 saturated heterocycles. The normalized spacial score (nSPS) is 33.3. The van der Waals surface area contributed by atoms with Gasteiger partial charge in [-0.3, -0.25) is 0 Å². The van der Waals surface area contributed by atoms with E-state index in [0.29, 0.717) is 6.04 Å². The summed E-state index contributed by atoms with van der Waals surface area (Å²) in [6.07, 6.45) is 6.45. The first-order valence-corrected chi connectivity index (χ1v) is 7.48. The van der Waals surface area contributed by atoms with Gasteiger partial charge < -0.3 is 15.1 Å². The standard InChI is InChI=1S/C14H25N3O/c1-16-13(12-3-2-4-12)10-17(14(16)18)8-6-11-5-7-15-9-11/h11-13,15H,2-10H2,1H3. The lowest BCUT2D eigenvalue weighted by Gasteiger charge is -2.34. The van der Waals surface area contributed by atoms with Gasteiger partial charge in [-0.15, -0.1) is 0 Å². The molecule has 2 amide bonds. The lowest BCUT2D eigenvalue weighted by molar-refractivity contribution is 0.163. The lowest BCUT2D eigenvalue weighted by Crippen LogP contribution is -2.39. The van der Waals surface area contributed by atoms with Gasteiger partial charge in [0.2, 0.25) is 0 Å². The van der Waals surface area contributed by atoms with Crippen LogP contribution in [0.2, 0.25) is 0 Å². The molecule has 0 spiro atoms. The largest absolute Gasteiger partial charge is 0.323 e. The second kappa shape index (κ2) is 5.08. The van der Waals surface area contributed by atoms with Gasteiger partial charge in [-0.1, -0.05) is 6.42 Å². The summed E-state index contributed by atoms with van der Waals surface area (Å²) >= 11 is 0. The smallest absolute Gasteiger partial charge is 0.320 e. The van der Waals surface area contributed by atoms with Gasteiger partial charge in [0.15, 0.2) is 0 Å². The molecule has 3 fully saturated rings. The molecular formula is C14H25N3O. The number of nitrogens with one attached hydrogen (secondary N) is 1. The predicted molar refractivity (Wildman–Crippen MR) is 71.5 cm³/mol. The molecular weight excluding hydrogens is 226 g/mol. The molecule has 0 aromatic carbocycles. The van der Waals surface area contributed by atoms with Crippen LogP contribution in [-0.4, -0.2) is 55.1 Å². The van der Waals surface area contributed by atoms with Crippen molar-refractivity contribution in [3.05, 3.63) is 0 Å². The minimum Gasteiger partial charge on any atom is -0.323 e. The van der Waals surface area contributed by atoms with Crippen molar-refractivity contribution in [1.29, 1.82) is 0 Å². The van der Waals surface area contributed by atoms with Crippen molar-refractivity contribution >= 4 is 6.03 Å². The van der Waals surface area contributed by atoms with Crippen molar-refractivity contribution in [2.24, 2.45) is 11.8 Å². The van der Waals surface area contributed by atoms with Gasteiger partial charge in [0.05, 0.1) is 6.04 Å². The molecule has 0 radical (unpaired) electrons. The van der Waals surface area contributed by atoms with Crippen LogP contribution in [-0.2, 0) is 0 Å². The van der Waals surface area contributed by atoms with Crippen LogP contribution in [0.3, 0.4) is 0 Å². The topological polar surface area (TPSA) is 35.6 Å². The Kier molecular flexibility index (Phi) is 3.46. The Balaban J connectivity index is 1.51. The van der Waals surface area contributed by atoms with Gasteiger partial charge in [0, 0.05) is 20.1 Å². The van der Waals surface area contributed by atoms with E-state index in [9.17, 15) is 4.79 Å². The molecule has 1 saturated carbocycles. The minimum absolute atomic E-state index is 0.262. The number of nitrogens with zero attached hydrogens (tertiary/aromatic N) is 2. The number of carbonyl (C=O) groups is 1. The Bertz CT molecular complexity index is 310. The summed E-state index contributed by atoms with van der Waals surface area (Å²) in [5, 5.41) is 3.40. The van der Waals surface area contributed by atoms with Crippen LogP contribution in [0.1, 0.15) is 32.1 Å². The van der Waals surface area contributed by atoms with E-state index < -0.39 is 0 Å². The molecule has 4 nitrogen and oxygen atoms in total. The molecule has 2 aliphatic heterocycles. The third-order valence-electron chi connectivity index (χ3n) is 5.14. The summed E-state index contributed by atoms with van der Waals surface area (Å²) in [7, 11) is 1.99. The lowest BCUT2D eigenvalue weighted by atomic mass is 9.79. The highest BCUT2D eigenvalue weighted by atomic mass is 16.2. The Hall–Kier alpha value is -0.770. The van der Waals surface area contributed by atoms with E-state index >= 15 is 0 Å². The average Bonchev–Trinajstić information content (AvgIpc) is 2.89. The zero-order chi connectivity index (χ0) is 12.5. The van der Waals surface area contributed by atoms with Crippen LogP contribution in [0.4, 0.5) is 4.79 Å². The van der Waals surface area contributed by atoms with Gasteiger partial charge >= 0.3 is 6.03 Å². The molecule has 0 aromatic rings. The van der Waals surface area contributed by atoms with Crippen LogP contribution in [0, 0.1) is 11.8 Å². The molecule has 2 heterocycles. The van der Waals surface area contributed by atoms with Crippen LogP contribution < -0.4 is 5.32 Å². The molecule has 102 valence electrons. The number of carbonyl (C=O) groups excluding carboxylic acids is 1. The van der Waals surface area contributed by atoms with Crippen molar-refractivity contribution in [3.8, 4) is 0 Å². The second-order valence-corrected chi connectivity index (χ2v) is 6.25. The van der Waals surface area contributed by atoms with E-state index in [1.54, 1.807) is 0 Å². The van der Waals surface area contributed by atoms with E-state index in [1.165, 1.54) is 32.1 Å². The van der Waals surface area contributed by atoms with E-state index in [1.807, 2.05) is 11.9 Å². The summed E-state index contributed by atoms with van der Waals surface area (Å²) in [4.78, 5) is 16.3. The molecule has 0 bridgehead atoms. The van der Waals surface area contributed by atoms with Crippen molar-refractivity contribution in [2.75, 3.05) is 33.2 Å². The fourth-order valence-electron chi connectivity index (χ4n) is 3.57. The first kappa shape index (κ1) is 12.3. The fourth-order valence-corrected chi connectivity index (χ4v) is 3.57. The number of hydrogen-bond donors (Lipinski definition) is 1. The van der Waals surface area contributed by atoms with Crippen molar-refractivity contribution in [1.82, 2.24) is 15.1 Å². The van der Waals surface area contributed by atoms with Crippen LogP contribution in [0.25, 0.3) is 0 Å². The van der Waals surface area contributed by atoms with Crippen LogP contribution >= 0.6 is 0 Å². The molecule has 2 atom stereocenters. The van der Waals surface area contributed by atoms with E-state index in [4.69, 9.17) is 0 Å². The Morgan fingerprint density at radius 1 is 1.33 bits per heavy atom. The quantitative estimate of drug-likeness (QED) is 0.822. The molecule has 18 heavy (non-hydrogen) atoms. The molecule has 3 aliphatic rings. The highest BCUT2D eigenvalue weighted by Gasteiger charge is 2.40. The maximum Gasteiger partial charge on any atom is 0.320 e. The summed E-state index contributed by atoms with van der Waals surface area (Å²) in [5.41, 5.74) is 0. The third-order valence-corrected chi connectivity index (χ3v) is 5.14. The summed E-state index contributed by atoms with van der Waals surface area (Å²) < 4.78 is 0. The second-order valence-electron chi connectivity index (χ2n) is 6.25. The highest BCUT2D eigenvalue weighted by Crippen LogP contribution is 2.35. The van der Waals surface area contributed by atoms with Gasteiger partial charge in [-0.2, -0.15) is 0 Å². The first-order valence-electron chi connectivity index (χ1n) is 7.48. The number of hydrogen-bond acceptors (Lipinski definition) is 2. The number of urea groups is 1. The van der Waals surface area contributed by atoms with E-state index in [-0.39, 0.29) is 6.03 Å². The molecule has 1 N–H and O–H groups in total. The van der Waals surface area contributed by atoms with E-state index in [0.717, 1.165) is 38.0 Å². The predicted octanol–water partition coefficient (Wildman–Crippen LogP) is 1.52. The van der Waals surface area contributed by atoms with Crippen LogP contribution in [0.5, 0.6) is 0 Å².